The summed E-state index contributed by atoms with van der Waals surface area (Å²) in [6.07, 6.45) is 4.81. The van der Waals surface area contributed by atoms with Crippen molar-refractivity contribution in [3.8, 4) is 0 Å². The van der Waals surface area contributed by atoms with Gasteiger partial charge in [0.15, 0.2) is 5.69 Å². The van der Waals surface area contributed by atoms with Crippen LogP contribution in [0, 0.1) is 6.92 Å². The Morgan fingerprint density at radius 3 is 2.65 bits per heavy atom. The Labute approximate surface area is 116 Å². The van der Waals surface area contributed by atoms with E-state index in [9.17, 15) is 9.90 Å². The van der Waals surface area contributed by atoms with Crippen LogP contribution in [-0.4, -0.2) is 26.0 Å². The predicted octanol–water partition coefficient (Wildman–Crippen LogP) is 2.75. The predicted molar refractivity (Wildman–Crippen MR) is 75.3 cm³/mol. The Morgan fingerprint density at radius 2 is 2.05 bits per heavy atom. The van der Waals surface area contributed by atoms with Crippen LogP contribution in [0.25, 0.3) is 0 Å². The number of carboxylic acid groups (broad SMARTS) is 1. The monoisotopic (exact) mass is 272 g/mol. The number of pyridine rings is 1. The van der Waals surface area contributed by atoms with Crippen molar-refractivity contribution in [3.05, 3.63) is 41.7 Å². The molecule has 0 saturated heterocycles. The Hall–Kier alpha value is -2.50. The summed E-state index contributed by atoms with van der Waals surface area (Å²) in [5.74, 6) is -0.503. The molecule has 0 unspecified atom stereocenters. The molecule has 0 radical (unpaired) electrons. The van der Waals surface area contributed by atoms with E-state index in [4.69, 9.17) is 0 Å². The van der Waals surface area contributed by atoms with Gasteiger partial charge >= 0.3 is 5.97 Å². The largest absolute Gasteiger partial charge is 0.476 e. The van der Waals surface area contributed by atoms with E-state index in [1.54, 1.807) is 12.4 Å². The van der Waals surface area contributed by atoms with E-state index in [1.807, 2.05) is 26.8 Å². The van der Waals surface area contributed by atoms with Gasteiger partial charge in [0, 0.05) is 12.1 Å². The van der Waals surface area contributed by atoms with Crippen molar-refractivity contribution in [1.29, 1.82) is 0 Å². The topological polar surface area (TPSA) is 88.0 Å². The van der Waals surface area contributed by atoms with Gasteiger partial charge < -0.3 is 10.4 Å². The first-order valence-corrected chi connectivity index (χ1v) is 6.27. The highest BCUT2D eigenvalue weighted by Crippen LogP contribution is 2.22. The molecule has 2 aromatic heterocycles. The van der Waals surface area contributed by atoms with Crippen LogP contribution in [0.5, 0.6) is 0 Å². The van der Waals surface area contributed by atoms with Crippen molar-refractivity contribution in [2.24, 2.45) is 0 Å². The molecule has 0 aliphatic carbocycles. The maximum absolute atomic E-state index is 11.3. The van der Waals surface area contributed by atoms with Gasteiger partial charge in [-0.05, 0) is 18.6 Å². The van der Waals surface area contributed by atoms with E-state index in [-0.39, 0.29) is 11.6 Å². The van der Waals surface area contributed by atoms with E-state index in [1.165, 1.54) is 6.20 Å². The van der Waals surface area contributed by atoms with E-state index in [2.05, 4.69) is 20.3 Å². The van der Waals surface area contributed by atoms with Crippen LogP contribution in [0.2, 0.25) is 0 Å². The normalized spacial score (nSPS) is 10.6. The van der Waals surface area contributed by atoms with Crippen molar-refractivity contribution < 1.29 is 9.90 Å². The minimum absolute atomic E-state index is 0.0352. The minimum atomic E-state index is -1.08. The lowest BCUT2D eigenvalue weighted by Gasteiger charge is -2.12. The van der Waals surface area contributed by atoms with Gasteiger partial charge in [-0.1, -0.05) is 13.8 Å². The van der Waals surface area contributed by atoms with E-state index >= 15 is 0 Å². The summed E-state index contributed by atoms with van der Waals surface area (Å²) in [7, 11) is 0. The smallest absolute Gasteiger partial charge is 0.356 e. The average Bonchev–Trinajstić information content (AvgIpc) is 2.41. The number of aromatic nitrogens is 3. The average molecular weight is 272 g/mol. The summed E-state index contributed by atoms with van der Waals surface area (Å²) < 4.78 is 0. The second-order valence-electron chi connectivity index (χ2n) is 4.77. The van der Waals surface area contributed by atoms with Gasteiger partial charge in [-0.25, -0.2) is 14.8 Å². The fourth-order valence-corrected chi connectivity index (χ4v) is 1.67. The minimum Gasteiger partial charge on any atom is -0.476 e. The molecule has 0 bridgehead atoms. The fraction of sp³-hybridized carbons (Fsp3) is 0.286. The lowest BCUT2D eigenvalue weighted by atomic mass is 10.2. The molecular weight excluding hydrogens is 256 g/mol. The first kappa shape index (κ1) is 13.9. The Bertz CT molecular complexity index is 641. The maximum Gasteiger partial charge on any atom is 0.356 e. The molecule has 0 atom stereocenters. The van der Waals surface area contributed by atoms with Crippen molar-refractivity contribution in [2.75, 3.05) is 5.32 Å². The summed E-state index contributed by atoms with van der Waals surface area (Å²) >= 11 is 0. The van der Waals surface area contributed by atoms with Gasteiger partial charge in [0.25, 0.3) is 0 Å². The first-order chi connectivity index (χ1) is 9.49. The molecular formula is C14H16N4O2. The molecule has 2 aromatic rings. The molecule has 0 spiro atoms. The molecule has 2 N–H and O–H groups in total. The summed E-state index contributed by atoms with van der Waals surface area (Å²) in [5.41, 5.74) is 2.02. The number of aryl methyl sites for hydroxylation is 1. The summed E-state index contributed by atoms with van der Waals surface area (Å²) in [6, 6.07) is 1.84. The van der Waals surface area contributed by atoms with Crippen LogP contribution >= 0.6 is 0 Å². The number of hydrogen-bond donors (Lipinski definition) is 2. The molecule has 0 amide bonds. The number of carboxylic acids is 1. The van der Waals surface area contributed by atoms with Crippen molar-refractivity contribution in [3.63, 3.8) is 0 Å². The van der Waals surface area contributed by atoms with Gasteiger partial charge in [-0.2, -0.15) is 0 Å². The zero-order valence-electron chi connectivity index (χ0n) is 11.6. The van der Waals surface area contributed by atoms with Crippen molar-refractivity contribution >= 4 is 17.3 Å². The number of aromatic carboxylic acids is 1. The van der Waals surface area contributed by atoms with Crippen LogP contribution in [-0.2, 0) is 0 Å². The Morgan fingerprint density at radius 1 is 1.30 bits per heavy atom. The molecule has 104 valence electrons. The second kappa shape index (κ2) is 5.64. The zero-order valence-corrected chi connectivity index (χ0v) is 11.6. The Kier molecular flexibility index (Phi) is 3.93. The number of hydrogen-bond acceptors (Lipinski definition) is 5. The SMILES string of the molecule is Cc1ccncc1Nc1cnc(C(C)C)nc1C(=O)O. The second-order valence-corrected chi connectivity index (χ2v) is 4.77. The van der Waals surface area contributed by atoms with Gasteiger partial charge in [-0.3, -0.25) is 4.98 Å². The summed E-state index contributed by atoms with van der Waals surface area (Å²) in [5, 5.41) is 12.3. The van der Waals surface area contributed by atoms with Gasteiger partial charge in [0.1, 0.15) is 5.82 Å². The lowest BCUT2D eigenvalue weighted by Crippen LogP contribution is -2.10. The molecule has 0 aliphatic heterocycles. The van der Waals surface area contributed by atoms with Crippen LogP contribution < -0.4 is 5.32 Å². The van der Waals surface area contributed by atoms with Crippen LogP contribution in [0.3, 0.4) is 0 Å². The van der Waals surface area contributed by atoms with Gasteiger partial charge in [-0.15, -0.1) is 0 Å². The summed E-state index contributed by atoms with van der Waals surface area (Å²) in [6.45, 7) is 5.74. The molecule has 0 fully saturated rings. The number of nitrogens with zero attached hydrogens (tertiary/aromatic N) is 3. The molecule has 6 nitrogen and oxygen atoms in total. The van der Waals surface area contributed by atoms with E-state index in [0.29, 0.717) is 11.5 Å². The highest BCUT2D eigenvalue weighted by molar-refractivity contribution is 5.92. The number of nitrogens with one attached hydrogen (secondary N) is 1. The molecule has 6 heteroatoms. The third kappa shape index (κ3) is 2.90. The lowest BCUT2D eigenvalue weighted by molar-refractivity contribution is 0.0691. The third-order valence-electron chi connectivity index (χ3n) is 2.83. The van der Waals surface area contributed by atoms with Crippen molar-refractivity contribution in [2.45, 2.75) is 26.7 Å². The van der Waals surface area contributed by atoms with E-state index in [0.717, 1.165) is 11.3 Å². The fourth-order valence-electron chi connectivity index (χ4n) is 1.67. The number of carbonyl (C=O) groups is 1. The van der Waals surface area contributed by atoms with E-state index < -0.39 is 5.97 Å². The molecule has 2 heterocycles. The number of anilines is 2. The van der Waals surface area contributed by atoms with Gasteiger partial charge in [0.2, 0.25) is 0 Å². The highest BCUT2D eigenvalue weighted by atomic mass is 16.4. The van der Waals surface area contributed by atoms with Crippen LogP contribution in [0.1, 0.15) is 41.6 Å². The first-order valence-electron chi connectivity index (χ1n) is 6.27. The molecule has 2 rings (SSSR count). The third-order valence-corrected chi connectivity index (χ3v) is 2.83. The summed E-state index contributed by atoms with van der Waals surface area (Å²) in [4.78, 5) is 23.6. The molecule has 20 heavy (non-hydrogen) atoms. The van der Waals surface area contributed by atoms with Crippen LogP contribution in [0.4, 0.5) is 11.4 Å². The molecule has 0 aromatic carbocycles. The van der Waals surface area contributed by atoms with Crippen LogP contribution in [0.15, 0.2) is 24.7 Å². The molecule has 0 saturated carbocycles. The molecule has 0 aliphatic rings. The maximum atomic E-state index is 11.3. The Balaban J connectivity index is 2.41. The number of rotatable bonds is 4. The zero-order chi connectivity index (χ0) is 14.7. The quantitative estimate of drug-likeness (QED) is 0.889. The highest BCUT2D eigenvalue weighted by Gasteiger charge is 2.16. The van der Waals surface area contributed by atoms with Gasteiger partial charge in [0.05, 0.1) is 23.8 Å². The standard InChI is InChI=1S/C14H16N4O2/c1-8(2)13-16-7-11(12(18-13)14(19)20)17-10-6-15-5-4-9(10)3/h4-8,17H,1-3H3,(H,19,20). The van der Waals surface area contributed by atoms with Crippen molar-refractivity contribution in [1.82, 2.24) is 15.0 Å².